The van der Waals surface area contributed by atoms with Gasteiger partial charge < -0.3 is 25.3 Å². The monoisotopic (exact) mass is 364 g/mol. The first-order valence-corrected chi connectivity index (χ1v) is 9.47. The summed E-state index contributed by atoms with van der Waals surface area (Å²) in [5.41, 5.74) is 1.50. The summed E-state index contributed by atoms with van der Waals surface area (Å²) in [5.74, 6) is 1.00. The molecule has 7 nitrogen and oxygen atoms in total. The molecule has 0 unspecified atom stereocenters. The van der Waals surface area contributed by atoms with E-state index in [0.717, 1.165) is 49.3 Å². The lowest BCUT2D eigenvalue weighted by molar-refractivity contribution is -0.143. The second-order valence-corrected chi connectivity index (χ2v) is 6.77. The molecule has 7 heteroatoms. The van der Waals surface area contributed by atoms with Gasteiger partial charge in [-0.1, -0.05) is 6.42 Å². The van der Waals surface area contributed by atoms with Crippen LogP contribution in [0.25, 0.3) is 0 Å². The number of hydrogen-bond acceptors (Lipinski definition) is 6. The lowest BCUT2D eigenvalue weighted by Crippen LogP contribution is -2.58. The molecular formula is C19H32N4O3. The van der Waals surface area contributed by atoms with E-state index in [4.69, 9.17) is 4.74 Å². The maximum Gasteiger partial charge on any atom is 0.305 e. The predicted molar refractivity (Wildman–Crippen MR) is 103 cm³/mol. The van der Waals surface area contributed by atoms with Crippen LogP contribution in [-0.2, 0) is 22.5 Å². The molecule has 1 heterocycles. The van der Waals surface area contributed by atoms with Crippen LogP contribution in [0.15, 0.2) is 6.07 Å². The molecule has 0 atom stereocenters. The highest BCUT2D eigenvalue weighted by Crippen LogP contribution is 2.32. The van der Waals surface area contributed by atoms with E-state index >= 15 is 0 Å². The number of ketones is 1. The first-order valence-electron chi connectivity index (χ1n) is 9.47. The first kappa shape index (κ1) is 20.5. The van der Waals surface area contributed by atoms with Crippen LogP contribution in [0.4, 0.5) is 5.82 Å². The third-order valence-electron chi connectivity index (χ3n) is 5.22. The minimum absolute atomic E-state index is 0.125. The Morgan fingerprint density at radius 1 is 1.19 bits per heavy atom. The zero-order chi connectivity index (χ0) is 19.2. The minimum Gasteiger partial charge on any atom is -0.466 e. The molecule has 146 valence electrons. The van der Waals surface area contributed by atoms with Gasteiger partial charge in [-0.15, -0.1) is 0 Å². The van der Waals surface area contributed by atoms with Gasteiger partial charge in [0.25, 0.3) is 0 Å². The van der Waals surface area contributed by atoms with Gasteiger partial charge in [0, 0.05) is 44.1 Å². The maximum absolute atomic E-state index is 12.6. The Kier molecular flexibility index (Phi) is 7.23. The summed E-state index contributed by atoms with van der Waals surface area (Å²) in [7, 11) is 5.65. The standard InChI is InChI=1S/C19H32N4O3/c1-5-26-18(25)9-7-6-8-10-23-15-12-19(21-3,22-4)13-16(24)14(15)11-17(23)20-2/h11,20-22H,5-10,12-13H2,1-4H3. The van der Waals surface area contributed by atoms with Gasteiger partial charge in [0.15, 0.2) is 5.78 Å². The van der Waals surface area contributed by atoms with Crippen LogP contribution in [0.3, 0.4) is 0 Å². The summed E-state index contributed by atoms with van der Waals surface area (Å²) in [6.07, 6.45) is 4.40. The fraction of sp³-hybridized carbons (Fsp3) is 0.684. The Morgan fingerprint density at radius 3 is 2.54 bits per heavy atom. The summed E-state index contributed by atoms with van der Waals surface area (Å²) in [6, 6.07) is 1.96. The molecule has 2 rings (SSSR count). The number of Topliss-reactive ketones (excluding diaryl/α,β-unsaturated/α-hetero) is 1. The molecule has 26 heavy (non-hydrogen) atoms. The number of ether oxygens (including phenoxy) is 1. The number of carbonyl (C=O) groups excluding carboxylic acids is 2. The molecule has 1 aliphatic carbocycles. The molecular weight excluding hydrogens is 332 g/mol. The van der Waals surface area contributed by atoms with E-state index < -0.39 is 5.66 Å². The van der Waals surface area contributed by atoms with Gasteiger partial charge in [0.2, 0.25) is 0 Å². The Bertz CT molecular complexity index is 635. The molecule has 0 saturated heterocycles. The van der Waals surface area contributed by atoms with Gasteiger partial charge in [0.1, 0.15) is 5.82 Å². The van der Waals surface area contributed by atoms with Crippen molar-refractivity contribution in [3.05, 3.63) is 17.3 Å². The van der Waals surface area contributed by atoms with Crippen molar-refractivity contribution in [3.8, 4) is 0 Å². The van der Waals surface area contributed by atoms with Crippen molar-refractivity contribution in [1.29, 1.82) is 0 Å². The second kappa shape index (κ2) is 9.19. The largest absolute Gasteiger partial charge is 0.466 e. The van der Waals surface area contributed by atoms with E-state index in [2.05, 4.69) is 20.5 Å². The topological polar surface area (TPSA) is 84.4 Å². The quantitative estimate of drug-likeness (QED) is 0.334. The average Bonchev–Trinajstić information content (AvgIpc) is 2.99. The van der Waals surface area contributed by atoms with E-state index in [0.29, 0.717) is 19.4 Å². The number of rotatable bonds is 10. The van der Waals surface area contributed by atoms with Gasteiger partial charge in [0.05, 0.1) is 12.3 Å². The van der Waals surface area contributed by atoms with Gasteiger partial charge >= 0.3 is 5.97 Å². The predicted octanol–water partition coefficient (Wildman–Crippen LogP) is 1.92. The van der Waals surface area contributed by atoms with Crippen molar-refractivity contribution in [3.63, 3.8) is 0 Å². The molecule has 0 fully saturated rings. The van der Waals surface area contributed by atoms with Gasteiger partial charge in [-0.25, -0.2) is 0 Å². The van der Waals surface area contributed by atoms with E-state index in [-0.39, 0.29) is 11.8 Å². The van der Waals surface area contributed by atoms with Gasteiger partial charge in [-0.05, 0) is 39.9 Å². The van der Waals surface area contributed by atoms with Crippen molar-refractivity contribution in [2.24, 2.45) is 0 Å². The SMILES string of the molecule is CCOC(=O)CCCCCn1c(NC)cc2c1CC(NC)(NC)CC2=O. The fourth-order valence-electron chi connectivity index (χ4n) is 3.63. The zero-order valence-electron chi connectivity index (χ0n) is 16.4. The van der Waals surface area contributed by atoms with E-state index in [1.807, 2.05) is 34.1 Å². The number of anilines is 1. The van der Waals surface area contributed by atoms with Crippen LogP contribution in [0, 0.1) is 0 Å². The molecule has 0 radical (unpaired) electrons. The van der Waals surface area contributed by atoms with Crippen LogP contribution in [0.2, 0.25) is 0 Å². The summed E-state index contributed by atoms with van der Waals surface area (Å²) >= 11 is 0. The highest BCUT2D eigenvalue weighted by Gasteiger charge is 2.38. The highest BCUT2D eigenvalue weighted by molar-refractivity contribution is 6.00. The fourth-order valence-corrected chi connectivity index (χ4v) is 3.63. The van der Waals surface area contributed by atoms with Crippen molar-refractivity contribution >= 4 is 17.6 Å². The van der Waals surface area contributed by atoms with Crippen molar-refractivity contribution in [1.82, 2.24) is 15.2 Å². The van der Waals surface area contributed by atoms with Crippen LogP contribution < -0.4 is 16.0 Å². The maximum atomic E-state index is 12.6. The lowest BCUT2D eigenvalue weighted by atomic mass is 9.86. The molecule has 1 aliphatic rings. The lowest BCUT2D eigenvalue weighted by Gasteiger charge is -2.36. The number of fused-ring (bicyclic) bond motifs is 1. The number of nitrogens with one attached hydrogen (secondary N) is 3. The molecule has 0 aromatic carbocycles. The number of likely N-dealkylation sites (N-methyl/N-ethyl adjacent to an activating group) is 2. The zero-order valence-corrected chi connectivity index (χ0v) is 16.4. The summed E-state index contributed by atoms with van der Waals surface area (Å²) in [5, 5.41) is 9.76. The molecule has 0 bridgehead atoms. The summed E-state index contributed by atoms with van der Waals surface area (Å²) in [4.78, 5) is 24.1. The number of hydrogen-bond donors (Lipinski definition) is 3. The molecule has 3 N–H and O–H groups in total. The van der Waals surface area contributed by atoms with Crippen molar-refractivity contribution in [2.45, 2.75) is 57.7 Å². The number of carbonyl (C=O) groups is 2. The normalized spacial score (nSPS) is 15.6. The van der Waals surface area contributed by atoms with Crippen molar-refractivity contribution < 1.29 is 14.3 Å². The Hall–Kier alpha value is -1.86. The highest BCUT2D eigenvalue weighted by atomic mass is 16.5. The van der Waals surface area contributed by atoms with Crippen LogP contribution in [0.5, 0.6) is 0 Å². The Labute approximate surface area is 155 Å². The molecule has 0 spiro atoms. The molecule has 1 aromatic heterocycles. The van der Waals surface area contributed by atoms with Crippen molar-refractivity contribution in [2.75, 3.05) is 33.1 Å². The third-order valence-corrected chi connectivity index (χ3v) is 5.22. The number of nitrogens with zero attached hydrogens (tertiary/aromatic N) is 1. The van der Waals surface area contributed by atoms with E-state index in [9.17, 15) is 9.59 Å². The smallest absolute Gasteiger partial charge is 0.305 e. The van der Waals surface area contributed by atoms with Crippen LogP contribution in [-0.4, -0.2) is 49.7 Å². The number of unbranched alkanes of at least 4 members (excludes halogenated alkanes) is 2. The third kappa shape index (κ3) is 4.45. The van der Waals surface area contributed by atoms with E-state index in [1.54, 1.807) is 0 Å². The molecule has 0 saturated carbocycles. The Balaban J connectivity index is 2.05. The van der Waals surface area contributed by atoms with E-state index in [1.165, 1.54) is 0 Å². The summed E-state index contributed by atoms with van der Waals surface area (Å²) < 4.78 is 7.17. The summed E-state index contributed by atoms with van der Waals surface area (Å²) in [6.45, 7) is 3.09. The van der Waals surface area contributed by atoms with Gasteiger partial charge in [-0.2, -0.15) is 0 Å². The molecule has 1 aromatic rings. The Morgan fingerprint density at radius 2 is 1.92 bits per heavy atom. The second-order valence-electron chi connectivity index (χ2n) is 6.77. The first-order chi connectivity index (χ1) is 12.5. The van der Waals surface area contributed by atoms with Crippen LogP contribution >= 0.6 is 0 Å². The number of esters is 1. The average molecular weight is 364 g/mol. The minimum atomic E-state index is -0.394. The molecule has 0 amide bonds. The van der Waals surface area contributed by atoms with Crippen LogP contribution in [0.1, 0.15) is 55.1 Å². The van der Waals surface area contributed by atoms with Gasteiger partial charge in [-0.3, -0.25) is 9.59 Å². The number of aromatic nitrogens is 1. The molecule has 0 aliphatic heterocycles.